The van der Waals surface area contributed by atoms with Gasteiger partial charge in [-0.2, -0.15) is 0 Å². The molecule has 2 nitrogen and oxygen atoms in total. The van der Waals surface area contributed by atoms with E-state index >= 15 is 0 Å². The average Bonchev–Trinajstić information content (AvgIpc) is 2.48. The van der Waals surface area contributed by atoms with E-state index in [1.165, 1.54) is 21.9 Å². The molecule has 3 rings (SSSR count). The second-order valence-electron chi connectivity index (χ2n) is 5.00. The van der Waals surface area contributed by atoms with Crippen LogP contribution in [-0.4, -0.2) is 7.05 Å². The van der Waals surface area contributed by atoms with E-state index < -0.39 is 0 Å². The van der Waals surface area contributed by atoms with Gasteiger partial charge in [0.05, 0.1) is 6.04 Å². The Morgan fingerprint density at radius 2 is 1.55 bits per heavy atom. The van der Waals surface area contributed by atoms with Gasteiger partial charge in [0.1, 0.15) is 0 Å². The third-order valence-electron chi connectivity index (χ3n) is 3.64. The lowest BCUT2D eigenvalue weighted by Crippen LogP contribution is -2.17. The minimum absolute atomic E-state index is 0.156. The minimum Gasteiger partial charge on any atom is -0.399 e. The molecule has 0 spiro atoms. The summed E-state index contributed by atoms with van der Waals surface area (Å²) in [6, 6.07) is 23.2. The van der Waals surface area contributed by atoms with Gasteiger partial charge in [0, 0.05) is 5.69 Å². The zero-order valence-electron chi connectivity index (χ0n) is 11.5. The van der Waals surface area contributed by atoms with Crippen molar-refractivity contribution < 1.29 is 0 Å². The Morgan fingerprint density at radius 3 is 2.30 bits per heavy atom. The first-order valence-corrected chi connectivity index (χ1v) is 6.79. The van der Waals surface area contributed by atoms with E-state index in [9.17, 15) is 0 Å². The smallest absolute Gasteiger partial charge is 0.0575 e. The summed E-state index contributed by atoms with van der Waals surface area (Å²) in [6.45, 7) is 0. The summed E-state index contributed by atoms with van der Waals surface area (Å²) < 4.78 is 0. The predicted molar refractivity (Wildman–Crippen MR) is 85.7 cm³/mol. The van der Waals surface area contributed by atoms with Crippen LogP contribution in [0, 0.1) is 0 Å². The second-order valence-corrected chi connectivity index (χ2v) is 5.00. The molecule has 20 heavy (non-hydrogen) atoms. The van der Waals surface area contributed by atoms with E-state index in [1.807, 2.05) is 25.2 Å². The number of anilines is 1. The third kappa shape index (κ3) is 2.38. The SMILES string of the molecule is CNC(c1cccc(N)c1)c1ccc2ccccc2c1. The van der Waals surface area contributed by atoms with Gasteiger partial charge in [0.15, 0.2) is 0 Å². The van der Waals surface area contributed by atoms with Crippen molar-refractivity contribution in [2.45, 2.75) is 6.04 Å². The number of benzene rings is 3. The Bertz CT molecular complexity index is 734. The van der Waals surface area contributed by atoms with Gasteiger partial charge in [-0.1, -0.05) is 48.5 Å². The molecule has 0 aliphatic heterocycles. The Kier molecular flexibility index (Phi) is 3.40. The molecule has 0 saturated heterocycles. The van der Waals surface area contributed by atoms with Crippen LogP contribution in [0.3, 0.4) is 0 Å². The highest BCUT2D eigenvalue weighted by Gasteiger charge is 2.12. The largest absolute Gasteiger partial charge is 0.399 e. The molecule has 0 aliphatic rings. The first-order valence-electron chi connectivity index (χ1n) is 6.79. The number of fused-ring (bicyclic) bond motifs is 1. The molecule has 3 aromatic carbocycles. The molecule has 1 atom stereocenters. The molecule has 0 heterocycles. The molecule has 0 saturated carbocycles. The van der Waals surface area contributed by atoms with Crippen molar-refractivity contribution in [1.29, 1.82) is 0 Å². The van der Waals surface area contributed by atoms with Gasteiger partial charge in [-0.05, 0) is 47.1 Å². The summed E-state index contributed by atoms with van der Waals surface area (Å²) in [5.74, 6) is 0. The maximum absolute atomic E-state index is 5.89. The summed E-state index contributed by atoms with van der Waals surface area (Å²) in [5.41, 5.74) is 9.12. The third-order valence-corrected chi connectivity index (χ3v) is 3.64. The van der Waals surface area contributed by atoms with E-state index in [0.717, 1.165) is 5.69 Å². The van der Waals surface area contributed by atoms with Crippen molar-refractivity contribution in [2.75, 3.05) is 12.8 Å². The molecule has 0 radical (unpaired) electrons. The zero-order valence-corrected chi connectivity index (χ0v) is 11.5. The van der Waals surface area contributed by atoms with Crippen molar-refractivity contribution in [3.8, 4) is 0 Å². The van der Waals surface area contributed by atoms with Gasteiger partial charge in [-0.3, -0.25) is 0 Å². The standard InChI is InChI=1S/C18H18N2/c1-20-18(15-7-4-8-17(19)12-15)16-10-9-13-5-2-3-6-14(13)11-16/h2-12,18,20H,19H2,1H3. The summed E-state index contributed by atoms with van der Waals surface area (Å²) in [5, 5.41) is 5.89. The summed E-state index contributed by atoms with van der Waals surface area (Å²) in [4.78, 5) is 0. The molecule has 0 aromatic heterocycles. The lowest BCUT2D eigenvalue weighted by Gasteiger charge is -2.18. The van der Waals surface area contributed by atoms with E-state index in [4.69, 9.17) is 5.73 Å². The van der Waals surface area contributed by atoms with Gasteiger partial charge in [-0.25, -0.2) is 0 Å². The van der Waals surface area contributed by atoms with Crippen LogP contribution in [0.25, 0.3) is 10.8 Å². The topological polar surface area (TPSA) is 38.0 Å². The van der Waals surface area contributed by atoms with E-state index in [0.29, 0.717) is 0 Å². The number of nitrogen functional groups attached to an aromatic ring is 1. The Labute approximate surface area is 119 Å². The van der Waals surface area contributed by atoms with Crippen molar-refractivity contribution in [3.63, 3.8) is 0 Å². The van der Waals surface area contributed by atoms with Crippen LogP contribution in [0.1, 0.15) is 17.2 Å². The number of hydrogen-bond acceptors (Lipinski definition) is 2. The number of rotatable bonds is 3. The first kappa shape index (κ1) is 12.7. The number of nitrogens with two attached hydrogens (primary N) is 1. The lowest BCUT2D eigenvalue weighted by molar-refractivity contribution is 0.693. The fourth-order valence-electron chi connectivity index (χ4n) is 2.65. The van der Waals surface area contributed by atoms with Gasteiger partial charge in [0.25, 0.3) is 0 Å². The fraction of sp³-hybridized carbons (Fsp3) is 0.111. The van der Waals surface area contributed by atoms with Crippen LogP contribution in [0.15, 0.2) is 66.7 Å². The van der Waals surface area contributed by atoms with Crippen LogP contribution in [0.4, 0.5) is 5.69 Å². The van der Waals surface area contributed by atoms with E-state index in [1.54, 1.807) is 0 Å². The summed E-state index contributed by atoms with van der Waals surface area (Å²) in [7, 11) is 1.98. The molecule has 3 aromatic rings. The molecule has 0 fully saturated rings. The summed E-state index contributed by atoms with van der Waals surface area (Å²) >= 11 is 0. The van der Waals surface area contributed by atoms with Crippen LogP contribution < -0.4 is 11.1 Å². The predicted octanol–water partition coefficient (Wildman–Crippen LogP) is 3.73. The zero-order chi connectivity index (χ0) is 13.9. The molecule has 3 N–H and O–H groups in total. The number of hydrogen-bond donors (Lipinski definition) is 2. The fourth-order valence-corrected chi connectivity index (χ4v) is 2.65. The van der Waals surface area contributed by atoms with Crippen molar-refractivity contribution >= 4 is 16.5 Å². The molecule has 2 heteroatoms. The molecular weight excluding hydrogens is 244 g/mol. The van der Waals surface area contributed by atoms with Crippen LogP contribution in [0.2, 0.25) is 0 Å². The average molecular weight is 262 g/mol. The van der Waals surface area contributed by atoms with Crippen LogP contribution in [0.5, 0.6) is 0 Å². The lowest BCUT2D eigenvalue weighted by atomic mass is 9.96. The molecule has 0 bridgehead atoms. The maximum atomic E-state index is 5.89. The van der Waals surface area contributed by atoms with Crippen molar-refractivity contribution in [3.05, 3.63) is 77.9 Å². The number of nitrogens with one attached hydrogen (secondary N) is 1. The highest BCUT2D eigenvalue weighted by molar-refractivity contribution is 5.83. The van der Waals surface area contributed by atoms with E-state index in [-0.39, 0.29) is 6.04 Å². The molecule has 1 unspecified atom stereocenters. The molecule has 0 amide bonds. The highest BCUT2D eigenvalue weighted by atomic mass is 14.9. The Hall–Kier alpha value is -2.32. The quantitative estimate of drug-likeness (QED) is 0.706. The second kappa shape index (κ2) is 5.35. The summed E-state index contributed by atoms with van der Waals surface area (Å²) in [6.07, 6.45) is 0. The van der Waals surface area contributed by atoms with E-state index in [2.05, 4.69) is 53.8 Å². The van der Waals surface area contributed by atoms with Gasteiger partial charge in [0.2, 0.25) is 0 Å². The monoisotopic (exact) mass is 262 g/mol. The highest BCUT2D eigenvalue weighted by Crippen LogP contribution is 2.26. The molecule has 0 aliphatic carbocycles. The Balaban J connectivity index is 2.07. The van der Waals surface area contributed by atoms with Crippen LogP contribution in [-0.2, 0) is 0 Å². The maximum Gasteiger partial charge on any atom is 0.0575 e. The van der Waals surface area contributed by atoms with Gasteiger partial charge in [-0.15, -0.1) is 0 Å². The molecule has 100 valence electrons. The first-order chi connectivity index (χ1) is 9.78. The van der Waals surface area contributed by atoms with Gasteiger partial charge >= 0.3 is 0 Å². The van der Waals surface area contributed by atoms with Crippen LogP contribution >= 0.6 is 0 Å². The Morgan fingerprint density at radius 1 is 0.800 bits per heavy atom. The van der Waals surface area contributed by atoms with Crippen molar-refractivity contribution in [1.82, 2.24) is 5.32 Å². The van der Waals surface area contributed by atoms with Crippen molar-refractivity contribution in [2.24, 2.45) is 0 Å². The molecular formula is C18H18N2. The minimum atomic E-state index is 0.156. The van der Waals surface area contributed by atoms with Gasteiger partial charge < -0.3 is 11.1 Å². The normalized spacial score (nSPS) is 12.4.